The van der Waals surface area contributed by atoms with Crippen molar-refractivity contribution in [1.82, 2.24) is 15.5 Å². The zero-order chi connectivity index (χ0) is 17.9. The molecule has 7 nitrogen and oxygen atoms in total. The molecule has 2 N–H and O–H groups in total. The third-order valence-corrected chi connectivity index (χ3v) is 5.20. The van der Waals surface area contributed by atoms with Crippen molar-refractivity contribution < 1.29 is 9.66 Å². The first-order chi connectivity index (χ1) is 11.4. The van der Waals surface area contributed by atoms with Crippen molar-refractivity contribution in [2.75, 3.05) is 33.5 Å². The standard InChI is InChI=1S/C15H26N4O3S2/c1-12(22-4)17-15(10-19(20)21)16-7-8-23-11-14-6-5-13(24-14)9-18(2)3/h5-6,10,12,16-17H,7-9,11H2,1-4H3. The molecule has 0 aliphatic carbocycles. The minimum Gasteiger partial charge on any atom is -0.366 e. The maximum absolute atomic E-state index is 10.6. The minimum atomic E-state index is -0.483. The average molecular weight is 375 g/mol. The molecule has 1 aromatic heterocycles. The van der Waals surface area contributed by atoms with Crippen molar-refractivity contribution in [3.8, 4) is 0 Å². The second-order valence-corrected chi connectivity index (χ2v) is 7.79. The summed E-state index contributed by atoms with van der Waals surface area (Å²) < 4.78 is 5.06. The molecule has 0 saturated heterocycles. The first-order valence-corrected chi connectivity index (χ1v) is 9.56. The summed E-state index contributed by atoms with van der Waals surface area (Å²) >= 11 is 3.64. The number of nitro groups is 1. The molecule has 0 radical (unpaired) electrons. The van der Waals surface area contributed by atoms with Crippen LogP contribution in [0.4, 0.5) is 0 Å². The van der Waals surface area contributed by atoms with Gasteiger partial charge in [0.25, 0.3) is 6.20 Å². The van der Waals surface area contributed by atoms with Crippen molar-refractivity contribution in [3.05, 3.63) is 44.0 Å². The molecule has 0 fully saturated rings. The van der Waals surface area contributed by atoms with Crippen LogP contribution in [-0.4, -0.2) is 49.6 Å². The van der Waals surface area contributed by atoms with Gasteiger partial charge >= 0.3 is 0 Å². The van der Waals surface area contributed by atoms with Gasteiger partial charge in [-0.15, -0.1) is 11.3 Å². The Hall–Kier alpha value is -1.29. The molecule has 136 valence electrons. The predicted molar refractivity (Wildman–Crippen MR) is 101 cm³/mol. The molecule has 1 aromatic rings. The van der Waals surface area contributed by atoms with E-state index in [0.29, 0.717) is 12.4 Å². The second-order valence-electron chi connectivity index (χ2n) is 5.44. The Balaban J connectivity index is 2.30. The van der Waals surface area contributed by atoms with Gasteiger partial charge in [-0.2, -0.15) is 11.8 Å². The SMILES string of the molecule is COC(C)NC(=C[N+](=O)[O-])NCCSCc1ccc(CN(C)C)s1. The lowest BCUT2D eigenvalue weighted by atomic mass is 10.4. The summed E-state index contributed by atoms with van der Waals surface area (Å²) in [6, 6.07) is 4.34. The Bertz CT molecular complexity index is 535. The molecule has 24 heavy (non-hydrogen) atoms. The summed E-state index contributed by atoms with van der Waals surface area (Å²) in [7, 11) is 5.67. The number of thioether (sulfide) groups is 1. The molecule has 9 heteroatoms. The predicted octanol–water partition coefficient (Wildman–Crippen LogP) is 2.29. The lowest BCUT2D eigenvalue weighted by Crippen LogP contribution is -2.35. The Morgan fingerprint density at radius 1 is 1.50 bits per heavy atom. The van der Waals surface area contributed by atoms with Gasteiger partial charge in [0.05, 0.1) is 4.92 Å². The lowest BCUT2D eigenvalue weighted by molar-refractivity contribution is -0.404. The van der Waals surface area contributed by atoms with Gasteiger partial charge in [-0.1, -0.05) is 0 Å². The molecule has 0 amide bonds. The van der Waals surface area contributed by atoms with E-state index < -0.39 is 4.92 Å². The summed E-state index contributed by atoms with van der Waals surface area (Å²) in [6.45, 7) is 3.39. The van der Waals surface area contributed by atoms with E-state index >= 15 is 0 Å². The van der Waals surface area contributed by atoms with Crippen LogP contribution < -0.4 is 10.6 Å². The van der Waals surface area contributed by atoms with E-state index in [2.05, 4.69) is 41.8 Å². The van der Waals surface area contributed by atoms with Crippen molar-refractivity contribution in [2.45, 2.75) is 25.4 Å². The summed E-state index contributed by atoms with van der Waals surface area (Å²) in [6.07, 6.45) is 0.630. The summed E-state index contributed by atoms with van der Waals surface area (Å²) in [5, 5.41) is 16.6. The van der Waals surface area contributed by atoms with Crippen LogP contribution in [0.25, 0.3) is 0 Å². The van der Waals surface area contributed by atoms with Crippen molar-refractivity contribution in [1.29, 1.82) is 0 Å². The molecule has 1 heterocycles. The molecule has 1 atom stereocenters. The number of hydrogen-bond acceptors (Lipinski definition) is 8. The van der Waals surface area contributed by atoms with E-state index in [1.54, 1.807) is 25.8 Å². The maximum atomic E-state index is 10.6. The molecule has 0 aromatic carbocycles. The number of hydrogen-bond donors (Lipinski definition) is 2. The van der Waals surface area contributed by atoms with Gasteiger partial charge in [0.2, 0.25) is 0 Å². The summed E-state index contributed by atoms with van der Waals surface area (Å²) in [4.78, 5) is 15.0. The molecular formula is C15H26N4O3S2. The zero-order valence-corrected chi connectivity index (χ0v) is 16.2. The van der Waals surface area contributed by atoms with E-state index in [0.717, 1.165) is 24.3 Å². The summed E-state index contributed by atoms with van der Waals surface area (Å²) in [5.74, 6) is 2.17. The first kappa shape index (κ1) is 20.8. The largest absolute Gasteiger partial charge is 0.366 e. The van der Waals surface area contributed by atoms with Crippen LogP contribution in [0.3, 0.4) is 0 Å². The number of nitrogens with one attached hydrogen (secondary N) is 2. The average Bonchev–Trinajstić information content (AvgIpc) is 2.92. The topological polar surface area (TPSA) is 79.7 Å². The molecule has 0 aliphatic rings. The van der Waals surface area contributed by atoms with E-state index in [1.165, 1.54) is 9.75 Å². The van der Waals surface area contributed by atoms with Crippen LogP contribution in [-0.2, 0) is 17.0 Å². The lowest BCUT2D eigenvalue weighted by Gasteiger charge is -2.16. The van der Waals surface area contributed by atoms with E-state index in [-0.39, 0.29) is 6.23 Å². The van der Waals surface area contributed by atoms with Gasteiger partial charge in [0.1, 0.15) is 6.23 Å². The third kappa shape index (κ3) is 9.11. The van der Waals surface area contributed by atoms with Gasteiger partial charge in [-0.05, 0) is 33.2 Å². The fraction of sp³-hybridized carbons (Fsp3) is 0.600. The molecule has 1 unspecified atom stereocenters. The smallest absolute Gasteiger partial charge is 0.274 e. The number of thiophene rings is 1. The van der Waals surface area contributed by atoms with Crippen molar-refractivity contribution in [2.24, 2.45) is 0 Å². The van der Waals surface area contributed by atoms with Crippen LogP contribution >= 0.6 is 23.1 Å². The number of rotatable bonds is 12. The van der Waals surface area contributed by atoms with Crippen LogP contribution in [0, 0.1) is 10.1 Å². The molecule has 0 aliphatic heterocycles. The minimum absolute atomic E-state index is 0.294. The van der Waals surface area contributed by atoms with Gasteiger partial charge < -0.3 is 20.3 Å². The highest BCUT2D eigenvalue weighted by Crippen LogP contribution is 2.22. The van der Waals surface area contributed by atoms with Crippen LogP contribution in [0.1, 0.15) is 16.7 Å². The van der Waals surface area contributed by atoms with Crippen molar-refractivity contribution in [3.63, 3.8) is 0 Å². The molecule has 0 bridgehead atoms. The Labute approximate surface area is 151 Å². The van der Waals surface area contributed by atoms with Gasteiger partial charge in [0.15, 0.2) is 5.82 Å². The van der Waals surface area contributed by atoms with Crippen molar-refractivity contribution >= 4 is 23.1 Å². The Morgan fingerprint density at radius 3 is 2.83 bits per heavy atom. The molecule has 1 rings (SSSR count). The zero-order valence-electron chi connectivity index (χ0n) is 14.6. The van der Waals surface area contributed by atoms with E-state index in [1.807, 2.05) is 11.3 Å². The number of ether oxygens (including phenoxy) is 1. The van der Waals surface area contributed by atoms with Crippen LogP contribution in [0.15, 0.2) is 24.2 Å². The van der Waals surface area contributed by atoms with E-state index in [4.69, 9.17) is 4.74 Å². The van der Waals surface area contributed by atoms with Gasteiger partial charge in [-0.25, -0.2) is 0 Å². The number of methoxy groups -OCH3 is 1. The highest BCUT2D eigenvalue weighted by Gasteiger charge is 2.07. The Kier molecular flexibility index (Phi) is 9.77. The maximum Gasteiger partial charge on any atom is 0.274 e. The fourth-order valence-corrected chi connectivity index (χ4v) is 3.95. The molecular weight excluding hydrogens is 348 g/mol. The highest BCUT2D eigenvalue weighted by atomic mass is 32.2. The fourth-order valence-electron chi connectivity index (χ4n) is 1.84. The third-order valence-electron chi connectivity index (χ3n) is 2.94. The highest BCUT2D eigenvalue weighted by molar-refractivity contribution is 7.98. The van der Waals surface area contributed by atoms with Crippen LogP contribution in [0.5, 0.6) is 0 Å². The van der Waals surface area contributed by atoms with E-state index in [9.17, 15) is 10.1 Å². The normalized spacial score (nSPS) is 13.1. The van der Waals surface area contributed by atoms with Crippen LogP contribution in [0.2, 0.25) is 0 Å². The Morgan fingerprint density at radius 2 is 2.21 bits per heavy atom. The molecule has 0 saturated carbocycles. The van der Waals surface area contributed by atoms with Gasteiger partial charge in [0, 0.05) is 41.5 Å². The number of nitrogens with zero attached hydrogens (tertiary/aromatic N) is 2. The second kappa shape index (κ2) is 11.3. The monoisotopic (exact) mass is 374 g/mol. The quantitative estimate of drug-likeness (QED) is 0.251. The molecule has 0 spiro atoms. The summed E-state index contributed by atoms with van der Waals surface area (Å²) in [5.41, 5.74) is 0. The first-order valence-electron chi connectivity index (χ1n) is 7.59. The van der Waals surface area contributed by atoms with Gasteiger partial charge in [-0.3, -0.25) is 10.1 Å².